The van der Waals surface area contributed by atoms with E-state index < -0.39 is 11.7 Å². The maximum absolute atomic E-state index is 12.0. The van der Waals surface area contributed by atoms with Gasteiger partial charge in [-0.05, 0) is 88.4 Å². The molecule has 2 aromatic rings. The van der Waals surface area contributed by atoms with Crippen molar-refractivity contribution in [1.82, 2.24) is 5.32 Å². The van der Waals surface area contributed by atoms with Gasteiger partial charge in [0.2, 0.25) is 0 Å². The highest BCUT2D eigenvalue weighted by Crippen LogP contribution is 2.30. The van der Waals surface area contributed by atoms with Gasteiger partial charge in [0.25, 0.3) is 0 Å². The van der Waals surface area contributed by atoms with Crippen molar-refractivity contribution >= 4 is 11.8 Å². The van der Waals surface area contributed by atoms with Crippen LogP contribution in [-0.2, 0) is 4.74 Å². The summed E-state index contributed by atoms with van der Waals surface area (Å²) in [5, 5.41) is 2.87. The minimum absolute atomic E-state index is 0.146. The number of benzene rings is 2. The monoisotopic (exact) mass is 452 g/mol. The van der Waals surface area contributed by atoms with Crippen molar-refractivity contribution in [2.45, 2.75) is 64.7 Å². The zero-order valence-electron chi connectivity index (χ0n) is 20.2. The van der Waals surface area contributed by atoms with E-state index in [0.717, 1.165) is 49.1 Å². The Bertz CT molecular complexity index is 917. The second kappa shape index (κ2) is 9.94. The summed E-state index contributed by atoms with van der Waals surface area (Å²) in [6.45, 7) is 10.2. The zero-order chi connectivity index (χ0) is 23.4. The number of anilines is 1. The standard InChI is InChI=1S/C27H36N2O4/c1-19(28-26(30)33-27(2,3)4)21-7-11-24(12-8-21)32-25-15-16-29(17-25)22-9-13-23(14-10-22)31-18-20-5-6-20/h7-14,19-20,25H,5-6,15-18H2,1-4H3,(H,28,30)/t19-,25+/m0/s1. The van der Waals surface area contributed by atoms with Crippen LogP contribution in [0.3, 0.4) is 0 Å². The van der Waals surface area contributed by atoms with Crippen LogP contribution in [0.25, 0.3) is 0 Å². The van der Waals surface area contributed by atoms with E-state index in [1.54, 1.807) is 0 Å². The molecule has 6 heteroatoms. The molecule has 1 heterocycles. The van der Waals surface area contributed by atoms with E-state index in [4.69, 9.17) is 14.2 Å². The minimum Gasteiger partial charge on any atom is -0.493 e. The summed E-state index contributed by atoms with van der Waals surface area (Å²) < 4.78 is 17.4. The highest BCUT2D eigenvalue weighted by molar-refractivity contribution is 5.68. The van der Waals surface area contributed by atoms with Crippen LogP contribution in [0.15, 0.2) is 48.5 Å². The predicted molar refractivity (Wildman–Crippen MR) is 130 cm³/mol. The van der Waals surface area contributed by atoms with Gasteiger partial charge in [-0.15, -0.1) is 0 Å². The third kappa shape index (κ3) is 7.04. The summed E-state index contributed by atoms with van der Waals surface area (Å²) in [6, 6.07) is 16.2. The van der Waals surface area contributed by atoms with E-state index in [-0.39, 0.29) is 12.1 Å². The largest absolute Gasteiger partial charge is 0.493 e. The van der Waals surface area contributed by atoms with Gasteiger partial charge in [0.05, 0.1) is 19.2 Å². The summed E-state index contributed by atoms with van der Waals surface area (Å²) in [5.74, 6) is 2.56. The van der Waals surface area contributed by atoms with Crippen LogP contribution in [0.5, 0.6) is 11.5 Å². The number of alkyl carbamates (subject to hydrolysis) is 1. The van der Waals surface area contributed by atoms with E-state index in [2.05, 4.69) is 34.5 Å². The SMILES string of the molecule is C[C@H](NC(=O)OC(C)(C)C)c1ccc(O[C@@H]2CCN(c3ccc(OCC4CC4)cc3)C2)cc1. The van der Waals surface area contributed by atoms with Gasteiger partial charge in [-0.25, -0.2) is 4.79 Å². The molecule has 0 radical (unpaired) electrons. The highest BCUT2D eigenvalue weighted by Gasteiger charge is 2.25. The summed E-state index contributed by atoms with van der Waals surface area (Å²) in [5.41, 5.74) is 1.70. The number of amides is 1. The van der Waals surface area contributed by atoms with Gasteiger partial charge < -0.3 is 24.4 Å². The maximum Gasteiger partial charge on any atom is 0.408 e. The molecule has 0 unspecified atom stereocenters. The molecule has 2 aromatic carbocycles. The van der Waals surface area contributed by atoms with E-state index >= 15 is 0 Å². The fraction of sp³-hybridized carbons (Fsp3) is 0.519. The first-order valence-corrected chi connectivity index (χ1v) is 12.0. The first-order valence-electron chi connectivity index (χ1n) is 12.0. The zero-order valence-corrected chi connectivity index (χ0v) is 20.2. The molecule has 0 aromatic heterocycles. The molecule has 1 aliphatic carbocycles. The molecular formula is C27H36N2O4. The van der Waals surface area contributed by atoms with Gasteiger partial charge in [0.15, 0.2) is 0 Å². The minimum atomic E-state index is -0.511. The van der Waals surface area contributed by atoms with Crippen LogP contribution in [0, 0.1) is 5.92 Å². The Hall–Kier alpha value is -2.89. The molecule has 0 bridgehead atoms. The molecule has 1 saturated carbocycles. The van der Waals surface area contributed by atoms with Crippen LogP contribution in [-0.4, -0.2) is 37.5 Å². The van der Waals surface area contributed by atoms with Crippen molar-refractivity contribution in [3.05, 3.63) is 54.1 Å². The van der Waals surface area contributed by atoms with Crippen molar-refractivity contribution in [3.63, 3.8) is 0 Å². The average molecular weight is 453 g/mol. The molecule has 178 valence electrons. The summed E-state index contributed by atoms with van der Waals surface area (Å²) in [4.78, 5) is 14.4. The molecule has 1 N–H and O–H groups in total. The van der Waals surface area contributed by atoms with E-state index in [0.29, 0.717) is 0 Å². The Morgan fingerprint density at radius 2 is 1.70 bits per heavy atom. The van der Waals surface area contributed by atoms with Gasteiger partial charge in [-0.1, -0.05) is 12.1 Å². The molecule has 2 aliphatic rings. The Labute approximate surface area is 197 Å². The first kappa shape index (κ1) is 23.3. The van der Waals surface area contributed by atoms with Crippen molar-refractivity contribution in [1.29, 1.82) is 0 Å². The molecule has 1 saturated heterocycles. The van der Waals surface area contributed by atoms with Crippen LogP contribution in [0.4, 0.5) is 10.5 Å². The molecule has 1 amide bonds. The molecule has 2 atom stereocenters. The molecule has 4 rings (SSSR count). The lowest BCUT2D eigenvalue weighted by Crippen LogP contribution is -2.34. The lowest BCUT2D eigenvalue weighted by molar-refractivity contribution is 0.0508. The van der Waals surface area contributed by atoms with Crippen LogP contribution in [0.2, 0.25) is 0 Å². The van der Waals surface area contributed by atoms with E-state index in [9.17, 15) is 4.79 Å². The molecule has 2 fully saturated rings. The molecular weight excluding hydrogens is 416 g/mol. The van der Waals surface area contributed by atoms with Gasteiger partial charge in [-0.3, -0.25) is 0 Å². The topological polar surface area (TPSA) is 60.0 Å². The fourth-order valence-electron chi connectivity index (χ4n) is 3.91. The second-order valence-electron chi connectivity index (χ2n) is 10.2. The molecule has 6 nitrogen and oxygen atoms in total. The van der Waals surface area contributed by atoms with Crippen LogP contribution < -0.4 is 19.7 Å². The van der Waals surface area contributed by atoms with Crippen molar-refractivity contribution < 1.29 is 19.0 Å². The Kier molecular flexibility index (Phi) is 7.01. The number of hydrogen-bond acceptors (Lipinski definition) is 5. The number of ether oxygens (including phenoxy) is 3. The normalized spacial score (nSPS) is 19.2. The number of rotatable bonds is 8. The van der Waals surface area contributed by atoms with Gasteiger partial charge in [0.1, 0.15) is 23.2 Å². The van der Waals surface area contributed by atoms with E-state index in [1.807, 2.05) is 52.0 Å². The predicted octanol–water partition coefficient (Wildman–Crippen LogP) is 5.72. The number of hydrogen-bond donors (Lipinski definition) is 1. The number of carbonyl (C=O) groups is 1. The average Bonchev–Trinajstić information content (AvgIpc) is 3.48. The number of carbonyl (C=O) groups excluding carboxylic acids is 1. The van der Waals surface area contributed by atoms with Crippen molar-refractivity contribution in [2.24, 2.45) is 5.92 Å². The third-order valence-electron chi connectivity index (χ3n) is 5.95. The molecule has 0 spiro atoms. The van der Waals surface area contributed by atoms with Crippen LogP contribution in [0.1, 0.15) is 58.6 Å². The Balaban J connectivity index is 1.24. The lowest BCUT2D eigenvalue weighted by Gasteiger charge is -2.22. The first-order chi connectivity index (χ1) is 15.7. The number of nitrogens with zero attached hydrogens (tertiary/aromatic N) is 1. The summed E-state index contributed by atoms with van der Waals surface area (Å²) >= 11 is 0. The maximum atomic E-state index is 12.0. The van der Waals surface area contributed by atoms with Crippen LogP contribution >= 0.6 is 0 Å². The quantitative estimate of drug-likeness (QED) is 0.555. The second-order valence-corrected chi connectivity index (χ2v) is 10.2. The van der Waals surface area contributed by atoms with E-state index in [1.165, 1.54) is 18.5 Å². The molecule has 1 aliphatic heterocycles. The van der Waals surface area contributed by atoms with Crippen molar-refractivity contribution in [3.8, 4) is 11.5 Å². The van der Waals surface area contributed by atoms with Crippen molar-refractivity contribution in [2.75, 3.05) is 24.6 Å². The highest BCUT2D eigenvalue weighted by atomic mass is 16.6. The van der Waals surface area contributed by atoms with Gasteiger partial charge in [0, 0.05) is 18.7 Å². The lowest BCUT2D eigenvalue weighted by atomic mass is 10.1. The Morgan fingerprint density at radius 1 is 1.03 bits per heavy atom. The van der Waals surface area contributed by atoms with Gasteiger partial charge >= 0.3 is 6.09 Å². The smallest absolute Gasteiger partial charge is 0.408 e. The molecule has 33 heavy (non-hydrogen) atoms. The fourth-order valence-corrected chi connectivity index (χ4v) is 3.91. The third-order valence-corrected chi connectivity index (χ3v) is 5.95. The summed E-state index contributed by atoms with van der Waals surface area (Å²) in [7, 11) is 0. The Morgan fingerprint density at radius 3 is 2.33 bits per heavy atom. The summed E-state index contributed by atoms with van der Waals surface area (Å²) in [6.07, 6.45) is 3.33. The van der Waals surface area contributed by atoms with Gasteiger partial charge in [-0.2, -0.15) is 0 Å². The number of nitrogens with one attached hydrogen (secondary N) is 1.